The maximum Gasteiger partial charge on any atom is 0.142 e. The van der Waals surface area contributed by atoms with E-state index in [0.29, 0.717) is 12.5 Å². The normalized spacial score (nSPS) is 23.6. The lowest BCUT2D eigenvalue weighted by molar-refractivity contribution is 0.130. The van der Waals surface area contributed by atoms with Crippen molar-refractivity contribution in [2.24, 2.45) is 10.9 Å². The molecule has 3 N–H and O–H groups in total. The summed E-state index contributed by atoms with van der Waals surface area (Å²) < 4.78 is 0. The maximum absolute atomic E-state index is 9.40. The van der Waals surface area contributed by atoms with Crippen LogP contribution >= 0.6 is 0 Å². The Balaban J connectivity index is 1.55. The van der Waals surface area contributed by atoms with Gasteiger partial charge in [0, 0.05) is 5.54 Å². The number of oxime groups is 1. The SMILES string of the molecule is C/C(=N\OCc1ccc([C@@H]2CC[C@](N)(CO)C2)cc1)c1ccccc1. The minimum absolute atomic E-state index is 0.0637. The molecule has 1 saturated carbocycles. The number of nitrogens with zero attached hydrogens (tertiary/aromatic N) is 1. The first-order valence-electron chi connectivity index (χ1n) is 8.80. The van der Waals surface area contributed by atoms with Crippen molar-refractivity contribution < 1.29 is 9.94 Å². The molecule has 0 heterocycles. The van der Waals surface area contributed by atoms with E-state index < -0.39 is 5.54 Å². The highest BCUT2D eigenvalue weighted by Crippen LogP contribution is 2.39. The summed E-state index contributed by atoms with van der Waals surface area (Å²) in [6, 6.07) is 18.4. The maximum atomic E-state index is 9.40. The zero-order valence-corrected chi connectivity index (χ0v) is 14.7. The van der Waals surface area contributed by atoms with E-state index in [1.54, 1.807) is 0 Å². The first-order chi connectivity index (χ1) is 12.1. The lowest BCUT2D eigenvalue weighted by Crippen LogP contribution is -2.40. The molecule has 0 amide bonds. The first-order valence-corrected chi connectivity index (χ1v) is 8.80. The van der Waals surface area contributed by atoms with Gasteiger partial charge in [-0.25, -0.2) is 0 Å². The molecule has 4 heteroatoms. The fourth-order valence-corrected chi connectivity index (χ4v) is 3.41. The Labute approximate surface area is 149 Å². The molecule has 2 aromatic rings. The number of rotatable bonds is 6. The van der Waals surface area contributed by atoms with E-state index in [4.69, 9.17) is 10.6 Å². The molecule has 25 heavy (non-hydrogen) atoms. The van der Waals surface area contributed by atoms with E-state index in [1.165, 1.54) is 5.56 Å². The zero-order chi connectivity index (χ0) is 17.7. The van der Waals surface area contributed by atoms with Gasteiger partial charge < -0.3 is 15.7 Å². The number of aliphatic hydroxyl groups is 1. The van der Waals surface area contributed by atoms with Gasteiger partial charge in [-0.2, -0.15) is 0 Å². The minimum atomic E-state index is -0.407. The van der Waals surface area contributed by atoms with Gasteiger partial charge >= 0.3 is 0 Å². The molecule has 0 bridgehead atoms. The van der Waals surface area contributed by atoms with E-state index in [9.17, 15) is 5.11 Å². The molecule has 2 atom stereocenters. The van der Waals surface area contributed by atoms with Crippen molar-refractivity contribution in [1.29, 1.82) is 0 Å². The summed E-state index contributed by atoms with van der Waals surface area (Å²) in [6.45, 7) is 2.46. The lowest BCUT2D eigenvalue weighted by atomic mass is 9.93. The Hall–Kier alpha value is -2.17. The van der Waals surface area contributed by atoms with Crippen molar-refractivity contribution >= 4 is 5.71 Å². The molecular formula is C21H26N2O2. The van der Waals surface area contributed by atoms with Gasteiger partial charge in [0.05, 0.1) is 12.3 Å². The number of hydrogen-bond donors (Lipinski definition) is 2. The fraction of sp³-hybridized carbons (Fsp3) is 0.381. The Morgan fingerprint density at radius 2 is 1.92 bits per heavy atom. The highest BCUT2D eigenvalue weighted by molar-refractivity contribution is 5.98. The van der Waals surface area contributed by atoms with Crippen LogP contribution < -0.4 is 5.73 Å². The van der Waals surface area contributed by atoms with Crippen molar-refractivity contribution in [2.75, 3.05) is 6.61 Å². The standard InChI is InChI=1S/C21H26N2O2/c1-16(18-5-3-2-4-6-18)23-25-14-17-7-9-19(10-8-17)20-11-12-21(22,13-20)15-24/h2-10,20,24H,11-15,22H2,1H3/b23-16+/t20-,21-/m1/s1. The second-order valence-corrected chi connectivity index (χ2v) is 7.02. The van der Waals surface area contributed by atoms with Crippen LogP contribution in [0, 0.1) is 0 Å². The fourth-order valence-electron chi connectivity index (χ4n) is 3.41. The third-order valence-corrected chi connectivity index (χ3v) is 5.03. The second kappa shape index (κ2) is 7.81. The van der Waals surface area contributed by atoms with Crippen LogP contribution in [0.3, 0.4) is 0 Å². The van der Waals surface area contributed by atoms with Crippen LogP contribution in [0.1, 0.15) is 48.8 Å². The molecule has 4 nitrogen and oxygen atoms in total. The van der Waals surface area contributed by atoms with E-state index in [2.05, 4.69) is 29.4 Å². The number of benzene rings is 2. The molecule has 3 rings (SSSR count). The van der Waals surface area contributed by atoms with Gasteiger partial charge in [0.1, 0.15) is 6.61 Å². The monoisotopic (exact) mass is 338 g/mol. The minimum Gasteiger partial charge on any atom is -0.394 e. The second-order valence-electron chi connectivity index (χ2n) is 7.02. The first kappa shape index (κ1) is 17.6. The van der Waals surface area contributed by atoms with E-state index >= 15 is 0 Å². The van der Waals surface area contributed by atoms with Crippen molar-refractivity contribution in [3.63, 3.8) is 0 Å². The summed E-state index contributed by atoms with van der Waals surface area (Å²) in [4.78, 5) is 5.49. The summed E-state index contributed by atoms with van der Waals surface area (Å²) in [5, 5.41) is 13.6. The molecule has 0 aliphatic heterocycles. The number of nitrogens with two attached hydrogens (primary N) is 1. The molecule has 132 valence electrons. The lowest BCUT2D eigenvalue weighted by Gasteiger charge is -2.20. The van der Waals surface area contributed by atoms with Crippen LogP contribution in [0.2, 0.25) is 0 Å². The van der Waals surface area contributed by atoms with Gasteiger partial charge in [0.15, 0.2) is 0 Å². The summed E-state index contributed by atoms with van der Waals surface area (Å²) in [6.07, 6.45) is 2.76. The van der Waals surface area contributed by atoms with Crippen LogP contribution in [0.15, 0.2) is 59.8 Å². The molecule has 1 aliphatic carbocycles. The molecular weight excluding hydrogens is 312 g/mol. The Kier molecular flexibility index (Phi) is 5.51. The van der Waals surface area contributed by atoms with Gasteiger partial charge in [-0.05, 0) is 48.8 Å². The Morgan fingerprint density at radius 1 is 1.20 bits per heavy atom. The third kappa shape index (κ3) is 4.47. The average Bonchev–Trinajstić information content (AvgIpc) is 3.06. The van der Waals surface area contributed by atoms with Gasteiger partial charge in [0.2, 0.25) is 0 Å². The highest BCUT2D eigenvalue weighted by atomic mass is 16.6. The molecule has 2 aromatic carbocycles. The van der Waals surface area contributed by atoms with Crippen molar-refractivity contribution in [1.82, 2.24) is 0 Å². The molecule has 0 spiro atoms. The van der Waals surface area contributed by atoms with Gasteiger partial charge in [-0.1, -0.05) is 59.8 Å². The molecule has 1 aliphatic rings. The number of hydrogen-bond acceptors (Lipinski definition) is 4. The summed E-state index contributed by atoms with van der Waals surface area (Å²) in [5.41, 5.74) is 10.1. The smallest absolute Gasteiger partial charge is 0.142 e. The van der Waals surface area contributed by atoms with E-state index in [-0.39, 0.29) is 6.61 Å². The third-order valence-electron chi connectivity index (χ3n) is 5.03. The zero-order valence-electron chi connectivity index (χ0n) is 14.7. The van der Waals surface area contributed by atoms with Crippen molar-refractivity contribution in [3.8, 4) is 0 Å². The quantitative estimate of drug-likeness (QED) is 0.625. The van der Waals surface area contributed by atoms with Crippen molar-refractivity contribution in [2.45, 2.75) is 44.2 Å². The summed E-state index contributed by atoms with van der Waals surface area (Å²) in [7, 11) is 0. The van der Waals surface area contributed by atoms with Gasteiger partial charge in [-0.3, -0.25) is 0 Å². The Morgan fingerprint density at radius 3 is 2.56 bits per heavy atom. The predicted molar refractivity (Wildman–Crippen MR) is 100 cm³/mol. The molecule has 1 fully saturated rings. The van der Waals surface area contributed by atoms with Crippen LogP contribution in [0.25, 0.3) is 0 Å². The summed E-state index contributed by atoms with van der Waals surface area (Å²) in [5.74, 6) is 0.436. The Bertz CT molecular complexity index is 712. The van der Waals surface area contributed by atoms with Crippen LogP contribution in [-0.4, -0.2) is 23.0 Å². The van der Waals surface area contributed by atoms with E-state index in [0.717, 1.165) is 36.1 Å². The van der Waals surface area contributed by atoms with Crippen LogP contribution in [-0.2, 0) is 11.4 Å². The van der Waals surface area contributed by atoms with Gasteiger partial charge in [-0.15, -0.1) is 0 Å². The number of aliphatic hydroxyl groups excluding tert-OH is 1. The molecule has 0 radical (unpaired) electrons. The average molecular weight is 338 g/mol. The van der Waals surface area contributed by atoms with Crippen LogP contribution in [0.4, 0.5) is 0 Å². The predicted octanol–water partition coefficient (Wildman–Crippen LogP) is 3.58. The molecule has 0 saturated heterocycles. The van der Waals surface area contributed by atoms with Crippen LogP contribution in [0.5, 0.6) is 0 Å². The van der Waals surface area contributed by atoms with Gasteiger partial charge in [0.25, 0.3) is 0 Å². The molecule has 0 unspecified atom stereocenters. The summed E-state index contributed by atoms with van der Waals surface area (Å²) >= 11 is 0. The largest absolute Gasteiger partial charge is 0.394 e. The molecule has 0 aromatic heterocycles. The highest BCUT2D eigenvalue weighted by Gasteiger charge is 2.35. The topological polar surface area (TPSA) is 67.8 Å². The van der Waals surface area contributed by atoms with Crippen molar-refractivity contribution in [3.05, 3.63) is 71.3 Å². The van der Waals surface area contributed by atoms with E-state index in [1.807, 2.05) is 37.3 Å².